The van der Waals surface area contributed by atoms with Crippen molar-refractivity contribution in [1.82, 2.24) is 10.2 Å². The SMILES string of the molecule is COC(=O)CC1CN(C(=O)NCCC(=O)O)CCO1. The number of rotatable bonds is 5. The summed E-state index contributed by atoms with van der Waals surface area (Å²) in [5, 5.41) is 11.0. The van der Waals surface area contributed by atoms with E-state index in [9.17, 15) is 14.4 Å². The van der Waals surface area contributed by atoms with Gasteiger partial charge < -0.3 is 24.8 Å². The molecular weight excluding hydrogens is 256 g/mol. The highest BCUT2D eigenvalue weighted by molar-refractivity contribution is 5.75. The molecule has 1 atom stereocenters. The van der Waals surface area contributed by atoms with E-state index in [1.807, 2.05) is 0 Å². The molecule has 2 amide bonds. The predicted octanol–water partition coefficient (Wildman–Crippen LogP) is -0.565. The third-order valence-electron chi connectivity index (χ3n) is 2.66. The summed E-state index contributed by atoms with van der Waals surface area (Å²) in [5.41, 5.74) is 0. The summed E-state index contributed by atoms with van der Waals surface area (Å²) in [5.74, 6) is -1.36. The molecule has 1 saturated heterocycles. The van der Waals surface area contributed by atoms with Crippen LogP contribution >= 0.6 is 0 Å². The van der Waals surface area contributed by atoms with E-state index in [1.165, 1.54) is 12.0 Å². The number of carboxylic acids is 1. The quantitative estimate of drug-likeness (QED) is 0.651. The van der Waals surface area contributed by atoms with Crippen LogP contribution < -0.4 is 5.32 Å². The number of carbonyl (C=O) groups is 3. The molecule has 108 valence electrons. The van der Waals surface area contributed by atoms with Gasteiger partial charge in [0.05, 0.1) is 32.7 Å². The molecule has 1 heterocycles. The maximum atomic E-state index is 11.7. The molecule has 8 nitrogen and oxygen atoms in total. The average Bonchev–Trinajstić information content (AvgIpc) is 2.38. The van der Waals surface area contributed by atoms with Crippen LogP contribution in [0.1, 0.15) is 12.8 Å². The van der Waals surface area contributed by atoms with Gasteiger partial charge in [-0.05, 0) is 0 Å². The number of carboxylic acid groups (broad SMARTS) is 1. The lowest BCUT2D eigenvalue weighted by atomic mass is 10.2. The third-order valence-corrected chi connectivity index (χ3v) is 2.66. The van der Waals surface area contributed by atoms with Gasteiger partial charge in [-0.25, -0.2) is 4.79 Å². The van der Waals surface area contributed by atoms with Gasteiger partial charge in [-0.15, -0.1) is 0 Å². The molecule has 1 aliphatic rings. The molecule has 1 fully saturated rings. The standard InChI is InChI=1S/C11H18N2O6/c1-18-10(16)6-8-7-13(4-5-19-8)11(17)12-3-2-9(14)15/h8H,2-7H2,1H3,(H,12,17)(H,14,15). The van der Waals surface area contributed by atoms with Crippen molar-refractivity contribution >= 4 is 18.0 Å². The summed E-state index contributed by atoms with van der Waals surface area (Å²) < 4.78 is 9.89. The van der Waals surface area contributed by atoms with Crippen LogP contribution in [0.25, 0.3) is 0 Å². The molecule has 1 aliphatic heterocycles. The Morgan fingerprint density at radius 1 is 1.47 bits per heavy atom. The zero-order valence-electron chi connectivity index (χ0n) is 10.8. The monoisotopic (exact) mass is 274 g/mol. The molecule has 2 N–H and O–H groups in total. The Balaban J connectivity index is 2.34. The Morgan fingerprint density at radius 3 is 2.84 bits per heavy atom. The van der Waals surface area contributed by atoms with E-state index in [4.69, 9.17) is 9.84 Å². The van der Waals surface area contributed by atoms with Gasteiger partial charge in [-0.1, -0.05) is 0 Å². The van der Waals surface area contributed by atoms with E-state index in [1.54, 1.807) is 0 Å². The number of nitrogens with one attached hydrogen (secondary N) is 1. The first-order valence-electron chi connectivity index (χ1n) is 5.96. The molecule has 0 aromatic carbocycles. The van der Waals surface area contributed by atoms with Crippen molar-refractivity contribution in [1.29, 1.82) is 0 Å². The Hall–Kier alpha value is -1.83. The zero-order chi connectivity index (χ0) is 14.3. The Bertz CT molecular complexity index is 346. The second kappa shape index (κ2) is 7.57. The lowest BCUT2D eigenvalue weighted by Gasteiger charge is -2.32. The van der Waals surface area contributed by atoms with Crippen molar-refractivity contribution in [2.45, 2.75) is 18.9 Å². The number of amides is 2. The van der Waals surface area contributed by atoms with Crippen molar-refractivity contribution in [2.24, 2.45) is 0 Å². The number of urea groups is 1. The summed E-state index contributed by atoms with van der Waals surface area (Å²) in [4.78, 5) is 34.7. The lowest BCUT2D eigenvalue weighted by Crippen LogP contribution is -2.50. The smallest absolute Gasteiger partial charge is 0.317 e. The van der Waals surface area contributed by atoms with Gasteiger partial charge in [0.15, 0.2) is 0 Å². The number of nitrogens with zero attached hydrogens (tertiary/aromatic N) is 1. The minimum absolute atomic E-state index is 0.0766. The van der Waals surface area contributed by atoms with Crippen LogP contribution in [-0.2, 0) is 19.1 Å². The molecule has 1 rings (SSSR count). The predicted molar refractivity (Wildman–Crippen MR) is 63.6 cm³/mol. The molecule has 0 aromatic rings. The fourth-order valence-corrected chi connectivity index (χ4v) is 1.68. The maximum absolute atomic E-state index is 11.7. The van der Waals surface area contributed by atoms with E-state index >= 15 is 0 Å². The first kappa shape index (κ1) is 15.2. The Labute approximate surface area is 110 Å². The molecule has 19 heavy (non-hydrogen) atoms. The first-order chi connectivity index (χ1) is 9.02. The van der Waals surface area contributed by atoms with Gasteiger partial charge in [0.25, 0.3) is 0 Å². The Morgan fingerprint density at radius 2 is 2.21 bits per heavy atom. The van der Waals surface area contributed by atoms with Crippen LogP contribution in [0.4, 0.5) is 4.79 Å². The molecule has 0 saturated carbocycles. The molecule has 0 radical (unpaired) electrons. The highest BCUT2D eigenvalue weighted by atomic mass is 16.5. The van der Waals surface area contributed by atoms with Crippen molar-refractivity contribution in [3.63, 3.8) is 0 Å². The lowest BCUT2D eigenvalue weighted by molar-refractivity contribution is -0.145. The second-order valence-corrected chi connectivity index (χ2v) is 4.09. The third kappa shape index (κ3) is 5.56. The van der Waals surface area contributed by atoms with Crippen LogP contribution in [0, 0.1) is 0 Å². The Kier molecular flexibility index (Phi) is 6.07. The van der Waals surface area contributed by atoms with Crippen LogP contribution in [0.3, 0.4) is 0 Å². The molecule has 0 bridgehead atoms. The van der Waals surface area contributed by atoms with Crippen LogP contribution in [0.2, 0.25) is 0 Å². The van der Waals surface area contributed by atoms with Gasteiger partial charge in [0.1, 0.15) is 0 Å². The van der Waals surface area contributed by atoms with Gasteiger partial charge >= 0.3 is 18.0 Å². The number of aliphatic carboxylic acids is 1. The van der Waals surface area contributed by atoms with Gasteiger partial charge in [-0.3, -0.25) is 9.59 Å². The number of hydrogen-bond donors (Lipinski definition) is 2. The molecular formula is C11H18N2O6. The van der Waals surface area contributed by atoms with Crippen molar-refractivity contribution in [3.8, 4) is 0 Å². The van der Waals surface area contributed by atoms with Crippen LogP contribution in [0.5, 0.6) is 0 Å². The van der Waals surface area contributed by atoms with Crippen LogP contribution in [0.15, 0.2) is 0 Å². The first-order valence-corrected chi connectivity index (χ1v) is 5.96. The highest BCUT2D eigenvalue weighted by Gasteiger charge is 2.26. The van der Waals surface area contributed by atoms with Gasteiger partial charge in [0.2, 0.25) is 0 Å². The fraction of sp³-hybridized carbons (Fsp3) is 0.727. The van der Waals surface area contributed by atoms with Gasteiger partial charge in [-0.2, -0.15) is 0 Å². The highest BCUT2D eigenvalue weighted by Crippen LogP contribution is 2.09. The largest absolute Gasteiger partial charge is 0.481 e. The van der Waals surface area contributed by atoms with Crippen LogP contribution in [-0.4, -0.2) is 67.4 Å². The van der Waals surface area contributed by atoms with Crippen molar-refractivity contribution in [2.75, 3.05) is 33.4 Å². The number of ether oxygens (including phenoxy) is 2. The summed E-state index contributed by atoms with van der Waals surface area (Å²) in [6, 6.07) is -0.348. The van der Waals surface area contributed by atoms with E-state index in [2.05, 4.69) is 10.1 Å². The molecule has 0 aromatic heterocycles. The number of esters is 1. The molecule has 0 aliphatic carbocycles. The minimum atomic E-state index is -0.967. The van der Waals surface area contributed by atoms with E-state index in [-0.39, 0.29) is 38.1 Å². The summed E-state index contributed by atoms with van der Waals surface area (Å²) >= 11 is 0. The number of methoxy groups -OCH3 is 1. The number of morpholine rings is 1. The van der Waals surface area contributed by atoms with Gasteiger partial charge in [0, 0.05) is 19.6 Å². The summed E-state index contributed by atoms with van der Waals surface area (Å²) in [6.45, 7) is 1.12. The zero-order valence-corrected chi connectivity index (χ0v) is 10.8. The summed E-state index contributed by atoms with van der Waals surface area (Å²) in [6.07, 6.45) is -0.414. The topological polar surface area (TPSA) is 105 Å². The van der Waals surface area contributed by atoms with Crippen molar-refractivity contribution in [3.05, 3.63) is 0 Å². The maximum Gasteiger partial charge on any atom is 0.317 e. The number of carbonyl (C=O) groups excluding carboxylic acids is 2. The van der Waals surface area contributed by atoms with E-state index in [0.717, 1.165) is 0 Å². The molecule has 0 spiro atoms. The summed E-state index contributed by atoms with van der Waals surface area (Å²) in [7, 11) is 1.29. The minimum Gasteiger partial charge on any atom is -0.481 e. The normalized spacial score (nSPS) is 18.8. The molecule has 1 unspecified atom stereocenters. The van der Waals surface area contributed by atoms with E-state index < -0.39 is 11.9 Å². The second-order valence-electron chi connectivity index (χ2n) is 4.09. The number of hydrogen-bond acceptors (Lipinski definition) is 5. The average molecular weight is 274 g/mol. The van der Waals surface area contributed by atoms with E-state index in [0.29, 0.717) is 13.2 Å². The molecule has 8 heteroatoms. The fourth-order valence-electron chi connectivity index (χ4n) is 1.68. The van der Waals surface area contributed by atoms with Crippen molar-refractivity contribution < 1.29 is 29.0 Å².